The summed E-state index contributed by atoms with van der Waals surface area (Å²) in [6.45, 7) is 5.61. The summed E-state index contributed by atoms with van der Waals surface area (Å²) in [7, 11) is 1.65. The number of nitrogens with two attached hydrogens (primary N) is 1. The van der Waals surface area contributed by atoms with Crippen molar-refractivity contribution in [3.63, 3.8) is 0 Å². The number of piperazine rings is 1. The van der Waals surface area contributed by atoms with Crippen molar-refractivity contribution in [3.05, 3.63) is 48.0 Å². The van der Waals surface area contributed by atoms with E-state index in [0.29, 0.717) is 12.2 Å². The first-order valence-electron chi connectivity index (χ1n) is 10.4. The second-order valence-electron chi connectivity index (χ2n) is 7.74. The lowest BCUT2D eigenvalue weighted by Gasteiger charge is -2.34. The van der Waals surface area contributed by atoms with E-state index in [1.165, 1.54) is 5.56 Å². The van der Waals surface area contributed by atoms with Crippen LogP contribution < -0.4 is 15.4 Å². The molecule has 0 atom stereocenters. The molecule has 0 bridgehead atoms. The zero-order valence-electron chi connectivity index (χ0n) is 17.5. The Kier molecular flexibility index (Phi) is 6.30. The van der Waals surface area contributed by atoms with Gasteiger partial charge in [-0.15, -0.1) is 0 Å². The van der Waals surface area contributed by atoms with Crippen LogP contribution >= 0.6 is 0 Å². The number of nitrogens with zero attached hydrogens (tertiary/aromatic N) is 4. The molecule has 2 aliphatic rings. The molecule has 7 nitrogen and oxygen atoms in total. The third-order valence-corrected chi connectivity index (χ3v) is 5.82. The second-order valence-corrected chi connectivity index (χ2v) is 7.74. The predicted molar refractivity (Wildman–Crippen MR) is 121 cm³/mol. The Morgan fingerprint density at radius 2 is 1.87 bits per heavy atom. The summed E-state index contributed by atoms with van der Waals surface area (Å²) in [5.74, 6) is 0.956. The average molecular weight is 408 g/mol. The maximum atomic E-state index is 12.9. The van der Waals surface area contributed by atoms with E-state index in [4.69, 9.17) is 10.5 Å². The number of hydrogen-bond acceptors (Lipinski definition) is 6. The molecule has 0 aliphatic carbocycles. The number of fused-ring (bicyclic) bond motifs is 1. The summed E-state index contributed by atoms with van der Waals surface area (Å²) in [5.41, 5.74) is 9.64. The largest absolute Gasteiger partial charge is 0.497 e. The van der Waals surface area contributed by atoms with Crippen molar-refractivity contribution in [2.75, 3.05) is 63.6 Å². The van der Waals surface area contributed by atoms with Gasteiger partial charge in [0.15, 0.2) is 0 Å². The van der Waals surface area contributed by atoms with Crippen LogP contribution in [0.5, 0.6) is 5.75 Å². The van der Waals surface area contributed by atoms with Gasteiger partial charge in [-0.2, -0.15) is 0 Å². The molecule has 0 radical (unpaired) electrons. The lowest BCUT2D eigenvalue weighted by atomic mass is 10.1. The normalized spacial score (nSPS) is 17.4. The van der Waals surface area contributed by atoms with Gasteiger partial charge in [0.2, 0.25) is 5.91 Å². The fourth-order valence-corrected chi connectivity index (χ4v) is 4.01. The highest BCUT2D eigenvalue weighted by Crippen LogP contribution is 2.31. The van der Waals surface area contributed by atoms with Gasteiger partial charge >= 0.3 is 0 Å². The first-order valence-corrected chi connectivity index (χ1v) is 10.4. The maximum absolute atomic E-state index is 12.9. The molecular formula is C23H29N5O2. The molecule has 0 unspecified atom stereocenters. The Morgan fingerprint density at radius 3 is 2.63 bits per heavy atom. The van der Waals surface area contributed by atoms with Crippen LogP contribution in [0.3, 0.4) is 0 Å². The van der Waals surface area contributed by atoms with E-state index >= 15 is 0 Å². The van der Waals surface area contributed by atoms with Crippen LogP contribution in [0.2, 0.25) is 0 Å². The Balaban J connectivity index is 1.26. The third-order valence-electron chi connectivity index (χ3n) is 5.82. The number of anilines is 2. The van der Waals surface area contributed by atoms with Crippen LogP contribution in [0.25, 0.3) is 0 Å². The van der Waals surface area contributed by atoms with E-state index in [0.717, 1.165) is 62.8 Å². The minimum atomic E-state index is 0.163. The molecular weight excluding hydrogens is 378 g/mol. The van der Waals surface area contributed by atoms with Crippen LogP contribution in [-0.4, -0.2) is 74.8 Å². The SMILES string of the molecule is COc1ccc2c(c1)N(C(=O)CN1CCN(C/C=N/c3ccccc3N)CC1)CC2. The van der Waals surface area contributed by atoms with Crippen molar-refractivity contribution >= 4 is 29.2 Å². The van der Waals surface area contributed by atoms with Gasteiger partial charge < -0.3 is 15.4 Å². The highest BCUT2D eigenvalue weighted by Gasteiger charge is 2.27. The van der Waals surface area contributed by atoms with Crippen molar-refractivity contribution in [2.24, 2.45) is 4.99 Å². The zero-order valence-corrected chi connectivity index (χ0v) is 17.5. The first-order chi connectivity index (χ1) is 14.6. The topological polar surface area (TPSA) is 74.4 Å². The van der Waals surface area contributed by atoms with Gasteiger partial charge in [-0.05, 0) is 30.2 Å². The highest BCUT2D eigenvalue weighted by molar-refractivity contribution is 5.97. The number of nitrogen functional groups attached to an aromatic ring is 1. The fourth-order valence-electron chi connectivity index (χ4n) is 4.01. The molecule has 4 rings (SSSR count). The molecule has 1 fully saturated rings. The Morgan fingerprint density at radius 1 is 1.10 bits per heavy atom. The minimum absolute atomic E-state index is 0.163. The number of para-hydroxylation sites is 2. The number of rotatable bonds is 6. The van der Waals surface area contributed by atoms with Crippen molar-refractivity contribution < 1.29 is 9.53 Å². The number of benzene rings is 2. The summed E-state index contributed by atoms with van der Waals surface area (Å²) in [5, 5.41) is 0. The van der Waals surface area contributed by atoms with Gasteiger partial charge in [0.05, 0.1) is 30.7 Å². The number of hydrogen-bond donors (Lipinski definition) is 1. The first kappa shape index (κ1) is 20.4. The Labute approximate surface area is 177 Å². The predicted octanol–water partition coefficient (Wildman–Crippen LogP) is 2.19. The van der Waals surface area contributed by atoms with Gasteiger partial charge in [-0.25, -0.2) is 0 Å². The molecule has 1 amide bonds. The smallest absolute Gasteiger partial charge is 0.241 e. The van der Waals surface area contributed by atoms with Crippen molar-refractivity contribution in [3.8, 4) is 5.75 Å². The van der Waals surface area contributed by atoms with Crippen LogP contribution in [0, 0.1) is 0 Å². The van der Waals surface area contributed by atoms with E-state index in [2.05, 4.69) is 20.9 Å². The number of carbonyl (C=O) groups excluding carboxylic acids is 1. The molecule has 158 valence electrons. The van der Waals surface area contributed by atoms with Crippen LogP contribution in [0.1, 0.15) is 5.56 Å². The monoisotopic (exact) mass is 407 g/mol. The highest BCUT2D eigenvalue weighted by atomic mass is 16.5. The molecule has 2 heterocycles. The van der Waals surface area contributed by atoms with Crippen molar-refractivity contribution in [1.29, 1.82) is 0 Å². The van der Waals surface area contributed by atoms with Crippen molar-refractivity contribution in [2.45, 2.75) is 6.42 Å². The Hall–Kier alpha value is -2.90. The molecule has 0 spiro atoms. The van der Waals surface area contributed by atoms with E-state index in [1.54, 1.807) is 7.11 Å². The van der Waals surface area contributed by atoms with Crippen LogP contribution in [-0.2, 0) is 11.2 Å². The molecule has 2 N–H and O–H groups in total. The number of carbonyl (C=O) groups is 1. The fraction of sp³-hybridized carbons (Fsp3) is 0.391. The second kappa shape index (κ2) is 9.28. The molecule has 0 saturated carbocycles. The molecule has 30 heavy (non-hydrogen) atoms. The van der Waals surface area contributed by atoms with E-state index < -0.39 is 0 Å². The summed E-state index contributed by atoms with van der Waals surface area (Å²) in [4.78, 5) is 23.9. The van der Waals surface area contributed by atoms with Crippen LogP contribution in [0.15, 0.2) is 47.5 Å². The Bertz CT molecular complexity index is 922. The molecule has 2 aliphatic heterocycles. The molecule has 0 aromatic heterocycles. The summed E-state index contributed by atoms with van der Waals surface area (Å²) >= 11 is 0. The number of amides is 1. The summed E-state index contributed by atoms with van der Waals surface area (Å²) < 4.78 is 5.32. The van der Waals surface area contributed by atoms with Crippen molar-refractivity contribution in [1.82, 2.24) is 9.80 Å². The van der Waals surface area contributed by atoms with E-state index in [-0.39, 0.29) is 5.91 Å². The minimum Gasteiger partial charge on any atom is -0.497 e. The van der Waals surface area contributed by atoms with Gasteiger partial charge in [-0.1, -0.05) is 18.2 Å². The number of ether oxygens (including phenoxy) is 1. The lowest BCUT2D eigenvalue weighted by Crippen LogP contribution is -2.50. The van der Waals surface area contributed by atoms with Gasteiger partial charge in [0.1, 0.15) is 5.75 Å². The quantitative estimate of drug-likeness (QED) is 0.587. The number of aliphatic imine (C=N–C) groups is 1. The third kappa shape index (κ3) is 4.63. The van der Waals surface area contributed by atoms with Gasteiger partial charge in [-0.3, -0.25) is 19.6 Å². The van der Waals surface area contributed by atoms with E-state index in [9.17, 15) is 4.79 Å². The molecule has 2 aromatic carbocycles. The van der Waals surface area contributed by atoms with Gasteiger partial charge in [0, 0.05) is 51.5 Å². The van der Waals surface area contributed by atoms with Gasteiger partial charge in [0.25, 0.3) is 0 Å². The standard InChI is InChI=1S/C23H29N5O2/c1-30-19-7-6-18-8-10-28(22(18)16-19)23(29)17-27-14-12-26(13-15-27)11-9-25-21-5-3-2-4-20(21)24/h2-7,9,16H,8,10-15,17,24H2,1H3/b25-9+. The van der Waals surface area contributed by atoms with Crippen LogP contribution in [0.4, 0.5) is 17.1 Å². The summed E-state index contributed by atoms with van der Waals surface area (Å²) in [6.07, 6.45) is 2.82. The number of methoxy groups -OCH3 is 1. The lowest BCUT2D eigenvalue weighted by molar-refractivity contribution is -0.120. The summed E-state index contributed by atoms with van der Waals surface area (Å²) in [6, 6.07) is 13.6. The van der Waals surface area contributed by atoms with E-state index in [1.807, 2.05) is 47.5 Å². The molecule has 2 aromatic rings. The molecule has 7 heteroatoms. The maximum Gasteiger partial charge on any atom is 0.241 e. The zero-order chi connectivity index (χ0) is 20.9. The molecule has 1 saturated heterocycles. The average Bonchev–Trinajstić information content (AvgIpc) is 3.19.